The third kappa shape index (κ3) is 5.35. The molecule has 1 aromatic carbocycles. The number of nitrogens with zero attached hydrogens (tertiary/aromatic N) is 2. The summed E-state index contributed by atoms with van der Waals surface area (Å²) in [6.45, 7) is 5.44. The number of halogens is 1. The maximum atomic E-state index is 12.4. The first kappa shape index (κ1) is 20.2. The number of amides is 1. The van der Waals surface area contributed by atoms with E-state index < -0.39 is 0 Å². The van der Waals surface area contributed by atoms with Crippen LogP contribution in [0.1, 0.15) is 41.9 Å². The molecule has 0 fully saturated rings. The van der Waals surface area contributed by atoms with Crippen molar-refractivity contribution in [1.82, 2.24) is 20.4 Å². The molecular weight excluding hydrogens is 324 g/mol. The third-order valence-corrected chi connectivity index (χ3v) is 3.92. The predicted octanol–water partition coefficient (Wildman–Crippen LogP) is 2.64. The molecule has 0 aliphatic carbocycles. The molecule has 132 valence electrons. The molecule has 5 nitrogen and oxygen atoms in total. The van der Waals surface area contributed by atoms with Crippen LogP contribution < -0.4 is 10.6 Å². The zero-order valence-electron chi connectivity index (χ0n) is 14.6. The summed E-state index contributed by atoms with van der Waals surface area (Å²) in [4.78, 5) is 12.4. The normalized spacial score (nSPS) is 11.6. The summed E-state index contributed by atoms with van der Waals surface area (Å²) in [5, 5.41) is 10.5. The lowest BCUT2D eigenvalue weighted by molar-refractivity contribution is 0.0949. The van der Waals surface area contributed by atoms with Gasteiger partial charge in [0, 0.05) is 12.6 Å². The van der Waals surface area contributed by atoms with Crippen molar-refractivity contribution in [1.29, 1.82) is 0 Å². The van der Waals surface area contributed by atoms with Crippen LogP contribution >= 0.6 is 12.4 Å². The number of nitrogens with one attached hydrogen (secondary N) is 2. The molecule has 0 spiro atoms. The van der Waals surface area contributed by atoms with Crippen molar-refractivity contribution in [2.24, 2.45) is 0 Å². The van der Waals surface area contributed by atoms with Crippen molar-refractivity contribution in [3.05, 3.63) is 53.3 Å². The zero-order chi connectivity index (χ0) is 16.7. The molecule has 0 aliphatic heterocycles. The Balaban J connectivity index is 0.00000288. The van der Waals surface area contributed by atoms with Gasteiger partial charge in [0.2, 0.25) is 0 Å². The monoisotopic (exact) mass is 350 g/mol. The van der Waals surface area contributed by atoms with Gasteiger partial charge in [-0.2, -0.15) is 5.10 Å². The number of benzene rings is 1. The van der Waals surface area contributed by atoms with E-state index in [0.29, 0.717) is 18.7 Å². The minimum Gasteiger partial charge on any atom is -0.350 e. The van der Waals surface area contributed by atoms with Gasteiger partial charge in [0.25, 0.3) is 5.91 Å². The Morgan fingerprint density at radius 1 is 1.29 bits per heavy atom. The lowest BCUT2D eigenvalue weighted by Crippen LogP contribution is -2.37. The van der Waals surface area contributed by atoms with E-state index in [1.807, 2.05) is 36.9 Å². The highest BCUT2D eigenvalue weighted by molar-refractivity contribution is 5.95. The van der Waals surface area contributed by atoms with Crippen LogP contribution in [-0.2, 0) is 13.0 Å². The fourth-order valence-corrected chi connectivity index (χ4v) is 2.44. The summed E-state index contributed by atoms with van der Waals surface area (Å²) in [6.07, 6.45) is 3.51. The largest absolute Gasteiger partial charge is 0.350 e. The quantitative estimate of drug-likeness (QED) is 0.769. The molecule has 2 aromatic rings. The molecule has 1 unspecified atom stereocenters. The molecule has 0 saturated heterocycles. The van der Waals surface area contributed by atoms with Crippen LogP contribution in [0.3, 0.4) is 0 Å². The first-order valence-electron chi connectivity index (χ1n) is 8.19. The van der Waals surface area contributed by atoms with E-state index in [1.165, 1.54) is 5.56 Å². The maximum absolute atomic E-state index is 12.4. The molecule has 0 saturated carbocycles. The average Bonchev–Trinajstić information content (AvgIpc) is 2.96. The molecule has 2 N–H and O–H groups in total. The fourth-order valence-electron chi connectivity index (χ4n) is 2.44. The molecule has 1 amide bonds. The number of carbonyl (C=O) groups is 1. The lowest BCUT2D eigenvalue weighted by Gasteiger charge is -2.12. The molecule has 0 bridgehead atoms. The summed E-state index contributed by atoms with van der Waals surface area (Å²) in [5.74, 6) is -0.0464. The van der Waals surface area contributed by atoms with Gasteiger partial charge in [-0.3, -0.25) is 9.48 Å². The number of aromatic nitrogens is 2. The molecule has 6 heteroatoms. The minimum absolute atomic E-state index is 0. The summed E-state index contributed by atoms with van der Waals surface area (Å²) in [6, 6.07) is 10.4. The van der Waals surface area contributed by atoms with Gasteiger partial charge in [0.15, 0.2) is 0 Å². The molecule has 1 atom stereocenters. The van der Waals surface area contributed by atoms with E-state index in [-0.39, 0.29) is 24.4 Å². The van der Waals surface area contributed by atoms with Crippen LogP contribution in [0, 0.1) is 0 Å². The van der Waals surface area contributed by atoms with Crippen molar-refractivity contribution in [3.8, 4) is 0 Å². The molecular formula is C18H27ClN4O. The van der Waals surface area contributed by atoms with Gasteiger partial charge in [-0.15, -0.1) is 12.4 Å². The van der Waals surface area contributed by atoms with Crippen molar-refractivity contribution in [2.45, 2.75) is 39.3 Å². The smallest absolute Gasteiger partial charge is 0.254 e. The Kier molecular flexibility index (Phi) is 8.50. The van der Waals surface area contributed by atoms with Crippen molar-refractivity contribution < 1.29 is 4.79 Å². The fraction of sp³-hybridized carbons (Fsp3) is 0.444. The highest BCUT2D eigenvalue weighted by atomic mass is 35.5. The number of likely N-dealkylation sites (N-methyl/N-ethyl adjacent to an activating group) is 1. The summed E-state index contributed by atoms with van der Waals surface area (Å²) in [5.41, 5.74) is 2.88. The van der Waals surface area contributed by atoms with E-state index in [9.17, 15) is 4.79 Å². The van der Waals surface area contributed by atoms with E-state index in [0.717, 1.165) is 18.5 Å². The molecule has 2 rings (SSSR count). The van der Waals surface area contributed by atoms with Gasteiger partial charge in [0.1, 0.15) is 0 Å². The second-order valence-corrected chi connectivity index (χ2v) is 5.80. The van der Waals surface area contributed by atoms with Crippen LogP contribution in [-0.4, -0.2) is 35.3 Å². The lowest BCUT2D eigenvalue weighted by atomic mass is 10.1. The average molecular weight is 351 g/mol. The highest BCUT2D eigenvalue weighted by Gasteiger charge is 2.17. The van der Waals surface area contributed by atoms with Gasteiger partial charge < -0.3 is 10.6 Å². The Morgan fingerprint density at radius 2 is 2.00 bits per heavy atom. The first-order chi connectivity index (χ1) is 11.2. The van der Waals surface area contributed by atoms with Crippen molar-refractivity contribution >= 4 is 18.3 Å². The van der Waals surface area contributed by atoms with Crippen LogP contribution in [0.25, 0.3) is 0 Å². The Hall–Kier alpha value is -1.85. The third-order valence-electron chi connectivity index (χ3n) is 3.92. The van der Waals surface area contributed by atoms with Gasteiger partial charge >= 0.3 is 0 Å². The van der Waals surface area contributed by atoms with Crippen molar-refractivity contribution in [2.75, 3.05) is 13.6 Å². The van der Waals surface area contributed by atoms with Crippen LogP contribution in [0.5, 0.6) is 0 Å². The van der Waals surface area contributed by atoms with Crippen LogP contribution in [0.4, 0.5) is 0 Å². The highest BCUT2D eigenvalue weighted by Crippen LogP contribution is 2.13. The van der Waals surface area contributed by atoms with E-state index in [1.54, 1.807) is 6.20 Å². The van der Waals surface area contributed by atoms with Crippen molar-refractivity contribution in [3.63, 3.8) is 0 Å². The van der Waals surface area contributed by atoms with Crippen LogP contribution in [0.15, 0.2) is 36.5 Å². The summed E-state index contributed by atoms with van der Waals surface area (Å²) >= 11 is 0. The molecule has 24 heavy (non-hydrogen) atoms. The van der Waals surface area contributed by atoms with Gasteiger partial charge in [-0.05, 0) is 26.0 Å². The Bertz CT molecular complexity index is 627. The van der Waals surface area contributed by atoms with E-state index in [4.69, 9.17) is 0 Å². The number of hydrogen-bond donors (Lipinski definition) is 2. The minimum atomic E-state index is -0.0464. The number of carbonyl (C=O) groups excluding carboxylic acids is 1. The molecule has 1 aromatic heterocycles. The molecule has 1 heterocycles. The first-order valence-corrected chi connectivity index (χ1v) is 8.19. The topological polar surface area (TPSA) is 59.0 Å². The van der Waals surface area contributed by atoms with E-state index >= 15 is 0 Å². The number of rotatable bonds is 8. The zero-order valence-corrected chi connectivity index (χ0v) is 15.4. The predicted molar refractivity (Wildman–Crippen MR) is 99.9 cm³/mol. The summed E-state index contributed by atoms with van der Waals surface area (Å²) in [7, 11) is 1.89. The Labute approximate surface area is 150 Å². The maximum Gasteiger partial charge on any atom is 0.254 e. The second kappa shape index (κ2) is 10.1. The molecule has 0 radical (unpaired) electrons. The van der Waals surface area contributed by atoms with Gasteiger partial charge in [0.05, 0.1) is 24.0 Å². The van der Waals surface area contributed by atoms with E-state index in [2.05, 4.69) is 34.8 Å². The van der Waals surface area contributed by atoms with Gasteiger partial charge in [-0.1, -0.05) is 43.7 Å². The summed E-state index contributed by atoms with van der Waals surface area (Å²) < 4.78 is 1.94. The second-order valence-electron chi connectivity index (χ2n) is 5.80. The molecule has 0 aliphatic rings. The van der Waals surface area contributed by atoms with Gasteiger partial charge in [-0.25, -0.2) is 0 Å². The standard InChI is InChI=1S/C18H26N4O.ClH/c1-4-8-17-16(18(23)20-11-14(2)19-3)12-21-22(17)13-15-9-6-5-7-10-15;/h5-7,9-10,12,14,19H,4,8,11,13H2,1-3H3,(H,20,23);1H. The number of hydrogen-bond acceptors (Lipinski definition) is 3. The van der Waals surface area contributed by atoms with Crippen LogP contribution in [0.2, 0.25) is 0 Å². The SMILES string of the molecule is CCCc1c(C(=O)NCC(C)NC)cnn1Cc1ccccc1.Cl. The Morgan fingerprint density at radius 3 is 2.62 bits per heavy atom.